The van der Waals surface area contributed by atoms with E-state index in [1.165, 1.54) is 0 Å². The van der Waals surface area contributed by atoms with Crippen LogP contribution in [-0.2, 0) is 4.74 Å². The lowest BCUT2D eigenvalue weighted by atomic mass is 10.3. The number of nitrogens with one attached hydrogen (secondary N) is 1. The number of hydrogen-bond acceptors (Lipinski definition) is 4. The molecule has 76 valence electrons. The molecule has 0 saturated heterocycles. The fraction of sp³-hybridized carbons (Fsp3) is 0.667. The minimum atomic E-state index is -0.455. The summed E-state index contributed by atoms with van der Waals surface area (Å²) >= 11 is 0. The van der Waals surface area contributed by atoms with Gasteiger partial charge in [0.2, 0.25) is 0 Å². The lowest BCUT2D eigenvalue weighted by Gasteiger charge is -1.94. The molecule has 1 N–H and O–H groups in total. The molecule has 2 rings (SSSR count). The highest BCUT2D eigenvalue weighted by Gasteiger charge is 2.37. The number of H-pyrrole nitrogens is 1. The SMILES string of the molecule is CCOC(=O)c1n[nH]c(C2CC2C)n1. The Kier molecular flexibility index (Phi) is 2.23. The molecule has 0 aromatic carbocycles. The van der Waals surface area contributed by atoms with Crippen molar-refractivity contribution in [3.05, 3.63) is 11.6 Å². The van der Waals surface area contributed by atoms with E-state index in [0.717, 1.165) is 12.2 Å². The number of aromatic nitrogens is 3. The Morgan fingerprint density at radius 2 is 2.43 bits per heavy atom. The maximum Gasteiger partial charge on any atom is 0.378 e. The highest BCUT2D eigenvalue weighted by Crippen LogP contribution is 2.45. The van der Waals surface area contributed by atoms with Crippen molar-refractivity contribution in [2.24, 2.45) is 5.92 Å². The summed E-state index contributed by atoms with van der Waals surface area (Å²) < 4.78 is 4.78. The highest BCUT2D eigenvalue weighted by atomic mass is 16.5. The standard InChI is InChI=1S/C9H13N3O2/c1-3-14-9(13)8-10-7(11-12-8)6-4-5(6)2/h5-6H,3-4H2,1-2H3,(H,10,11,12). The van der Waals surface area contributed by atoms with E-state index in [0.29, 0.717) is 18.4 Å². The number of aromatic amines is 1. The lowest BCUT2D eigenvalue weighted by molar-refractivity contribution is 0.0512. The number of hydrogen-bond donors (Lipinski definition) is 1. The van der Waals surface area contributed by atoms with Gasteiger partial charge < -0.3 is 4.74 Å². The van der Waals surface area contributed by atoms with Crippen LogP contribution in [0, 0.1) is 5.92 Å². The summed E-state index contributed by atoms with van der Waals surface area (Å²) in [6.45, 7) is 4.26. The number of esters is 1. The molecule has 0 amide bonds. The summed E-state index contributed by atoms with van der Waals surface area (Å²) in [5.41, 5.74) is 0. The molecule has 14 heavy (non-hydrogen) atoms. The Morgan fingerprint density at radius 1 is 1.71 bits per heavy atom. The van der Waals surface area contributed by atoms with E-state index in [9.17, 15) is 4.79 Å². The van der Waals surface area contributed by atoms with Gasteiger partial charge in [-0.15, -0.1) is 5.10 Å². The van der Waals surface area contributed by atoms with Gasteiger partial charge in [0.1, 0.15) is 5.82 Å². The van der Waals surface area contributed by atoms with E-state index in [4.69, 9.17) is 4.74 Å². The molecule has 1 aliphatic carbocycles. The Labute approximate surface area is 81.9 Å². The van der Waals surface area contributed by atoms with Crippen LogP contribution in [0.5, 0.6) is 0 Å². The number of rotatable bonds is 3. The average molecular weight is 195 g/mol. The molecular weight excluding hydrogens is 182 g/mol. The number of ether oxygens (including phenoxy) is 1. The van der Waals surface area contributed by atoms with Crippen LogP contribution in [0.4, 0.5) is 0 Å². The maximum absolute atomic E-state index is 11.2. The second-order valence-corrected chi connectivity index (χ2v) is 3.58. The van der Waals surface area contributed by atoms with Gasteiger partial charge in [-0.2, -0.15) is 0 Å². The van der Waals surface area contributed by atoms with Crippen LogP contribution in [0.1, 0.15) is 42.6 Å². The second kappa shape index (κ2) is 3.40. The Morgan fingerprint density at radius 3 is 3.00 bits per heavy atom. The van der Waals surface area contributed by atoms with Gasteiger partial charge >= 0.3 is 5.97 Å². The molecule has 2 unspecified atom stereocenters. The van der Waals surface area contributed by atoms with Crippen molar-refractivity contribution in [2.45, 2.75) is 26.2 Å². The minimum Gasteiger partial charge on any atom is -0.460 e. The van der Waals surface area contributed by atoms with Crippen LogP contribution in [0.25, 0.3) is 0 Å². The van der Waals surface area contributed by atoms with Crippen LogP contribution in [0.2, 0.25) is 0 Å². The Balaban J connectivity index is 2.06. The van der Waals surface area contributed by atoms with Crippen molar-refractivity contribution in [1.29, 1.82) is 0 Å². The van der Waals surface area contributed by atoms with Crippen molar-refractivity contribution < 1.29 is 9.53 Å². The fourth-order valence-electron chi connectivity index (χ4n) is 1.43. The molecule has 5 heteroatoms. The normalized spacial score (nSPS) is 24.7. The van der Waals surface area contributed by atoms with Gasteiger partial charge in [-0.1, -0.05) is 6.92 Å². The lowest BCUT2D eigenvalue weighted by Crippen LogP contribution is -2.06. The first kappa shape index (κ1) is 9.18. The molecule has 1 fully saturated rings. The zero-order valence-electron chi connectivity index (χ0n) is 8.28. The molecular formula is C9H13N3O2. The number of nitrogens with zero attached hydrogens (tertiary/aromatic N) is 2. The van der Waals surface area contributed by atoms with Crippen molar-refractivity contribution in [2.75, 3.05) is 6.61 Å². The van der Waals surface area contributed by atoms with Gasteiger partial charge in [-0.05, 0) is 19.3 Å². The third kappa shape index (κ3) is 1.62. The molecule has 0 spiro atoms. The predicted octanol–water partition coefficient (Wildman–Crippen LogP) is 1.10. The number of carbonyl (C=O) groups excluding carboxylic acids is 1. The summed E-state index contributed by atoms with van der Waals surface area (Å²) in [4.78, 5) is 15.3. The van der Waals surface area contributed by atoms with Crippen molar-refractivity contribution in [3.8, 4) is 0 Å². The maximum atomic E-state index is 11.2. The largest absolute Gasteiger partial charge is 0.460 e. The highest BCUT2D eigenvalue weighted by molar-refractivity contribution is 5.84. The predicted molar refractivity (Wildman–Crippen MR) is 48.9 cm³/mol. The van der Waals surface area contributed by atoms with Crippen LogP contribution in [0.15, 0.2) is 0 Å². The first-order chi connectivity index (χ1) is 6.72. The van der Waals surface area contributed by atoms with Gasteiger partial charge in [0.15, 0.2) is 0 Å². The monoisotopic (exact) mass is 195 g/mol. The first-order valence-electron chi connectivity index (χ1n) is 4.81. The zero-order valence-corrected chi connectivity index (χ0v) is 8.28. The van der Waals surface area contributed by atoms with Gasteiger partial charge in [-0.25, -0.2) is 9.78 Å². The van der Waals surface area contributed by atoms with Gasteiger partial charge in [0.05, 0.1) is 6.61 Å². The summed E-state index contributed by atoms with van der Waals surface area (Å²) in [5, 5.41) is 6.60. The number of carbonyl (C=O) groups is 1. The molecule has 1 aromatic rings. The Hall–Kier alpha value is -1.39. The third-order valence-electron chi connectivity index (χ3n) is 2.42. The Bertz CT molecular complexity index is 348. The second-order valence-electron chi connectivity index (χ2n) is 3.58. The van der Waals surface area contributed by atoms with Crippen LogP contribution in [-0.4, -0.2) is 27.8 Å². The molecule has 1 aliphatic rings. The van der Waals surface area contributed by atoms with Crippen molar-refractivity contribution in [1.82, 2.24) is 15.2 Å². The van der Waals surface area contributed by atoms with Crippen molar-refractivity contribution >= 4 is 5.97 Å². The smallest absolute Gasteiger partial charge is 0.378 e. The summed E-state index contributed by atoms with van der Waals surface area (Å²) in [5.74, 6) is 1.59. The molecule has 5 nitrogen and oxygen atoms in total. The van der Waals surface area contributed by atoms with E-state index < -0.39 is 5.97 Å². The summed E-state index contributed by atoms with van der Waals surface area (Å²) in [7, 11) is 0. The van der Waals surface area contributed by atoms with Crippen LogP contribution in [0.3, 0.4) is 0 Å². The molecule has 1 saturated carbocycles. The zero-order chi connectivity index (χ0) is 10.1. The fourth-order valence-corrected chi connectivity index (χ4v) is 1.43. The van der Waals surface area contributed by atoms with E-state index >= 15 is 0 Å². The quantitative estimate of drug-likeness (QED) is 0.733. The summed E-state index contributed by atoms with van der Waals surface area (Å²) in [6, 6.07) is 0. The van der Waals surface area contributed by atoms with Gasteiger partial charge in [0, 0.05) is 5.92 Å². The summed E-state index contributed by atoms with van der Waals surface area (Å²) in [6.07, 6.45) is 1.12. The van der Waals surface area contributed by atoms with E-state index in [1.54, 1.807) is 6.92 Å². The van der Waals surface area contributed by atoms with Crippen molar-refractivity contribution in [3.63, 3.8) is 0 Å². The topological polar surface area (TPSA) is 67.9 Å². The van der Waals surface area contributed by atoms with E-state index in [1.807, 2.05) is 0 Å². The molecule has 1 aromatic heterocycles. The van der Waals surface area contributed by atoms with E-state index in [-0.39, 0.29) is 5.82 Å². The molecule has 1 heterocycles. The first-order valence-corrected chi connectivity index (χ1v) is 4.81. The molecule has 0 bridgehead atoms. The van der Waals surface area contributed by atoms with E-state index in [2.05, 4.69) is 22.1 Å². The molecule has 0 aliphatic heterocycles. The van der Waals surface area contributed by atoms with Crippen LogP contribution >= 0.6 is 0 Å². The van der Waals surface area contributed by atoms with Gasteiger partial charge in [-0.3, -0.25) is 5.10 Å². The third-order valence-corrected chi connectivity index (χ3v) is 2.42. The average Bonchev–Trinajstić information content (AvgIpc) is 2.70. The van der Waals surface area contributed by atoms with Crippen LogP contribution < -0.4 is 0 Å². The molecule has 2 atom stereocenters. The molecule has 0 radical (unpaired) electrons. The minimum absolute atomic E-state index is 0.140. The van der Waals surface area contributed by atoms with Gasteiger partial charge in [0.25, 0.3) is 5.82 Å².